The van der Waals surface area contributed by atoms with Gasteiger partial charge in [-0.2, -0.15) is 0 Å². The number of hydrogen-bond donors (Lipinski definition) is 1. The molecule has 0 unspecified atom stereocenters. The molecule has 26 heavy (non-hydrogen) atoms. The zero-order valence-corrected chi connectivity index (χ0v) is 15.8. The number of nitrogen functional groups attached to an aromatic ring is 1. The first-order valence-electron chi connectivity index (χ1n) is 8.24. The van der Waals surface area contributed by atoms with Crippen molar-refractivity contribution in [2.24, 2.45) is 0 Å². The van der Waals surface area contributed by atoms with Crippen LogP contribution in [0.1, 0.15) is 12.5 Å². The van der Waals surface area contributed by atoms with Crippen molar-refractivity contribution in [3.8, 4) is 11.4 Å². The molecule has 0 aliphatic carbocycles. The third-order valence-corrected chi connectivity index (χ3v) is 5.12. The Bertz CT molecular complexity index is 892. The number of nitrogens with zero attached hydrogens (tertiary/aromatic N) is 4. The molecule has 1 atom stereocenters. The average molecular weight is 367 g/mol. The molecule has 1 heterocycles. The number of benzene rings is 2. The van der Waals surface area contributed by atoms with Gasteiger partial charge in [0.05, 0.1) is 5.25 Å². The highest BCUT2D eigenvalue weighted by atomic mass is 32.2. The second-order valence-corrected chi connectivity index (χ2v) is 7.34. The first kappa shape index (κ1) is 18.0. The monoisotopic (exact) mass is 367 g/mol. The van der Waals surface area contributed by atoms with Crippen molar-refractivity contribution in [3.63, 3.8) is 0 Å². The van der Waals surface area contributed by atoms with Crippen molar-refractivity contribution in [1.82, 2.24) is 14.9 Å². The van der Waals surface area contributed by atoms with Crippen LogP contribution in [0.4, 0.5) is 5.69 Å². The van der Waals surface area contributed by atoms with E-state index in [1.807, 2.05) is 68.4 Å². The van der Waals surface area contributed by atoms with Gasteiger partial charge in [-0.1, -0.05) is 59.8 Å². The smallest absolute Gasteiger partial charge is 0.240 e. The van der Waals surface area contributed by atoms with Gasteiger partial charge in [-0.05, 0) is 26.0 Å². The SMILES string of the molecule is Cc1ccc(-c2nnc(S[C@@H](C)C(=O)N(C)c3ccccc3)n2N)cc1. The number of anilines is 1. The molecular weight excluding hydrogens is 346 g/mol. The molecule has 1 aromatic heterocycles. The van der Waals surface area contributed by atoms with Crippen molar-refractivity contribution in [2.45, 2.75) is 24.3 Å². The lowest BCUT2D eigenvalue weighted by Crippen LogP contribution is -2.33. The first-order chi connectivity index (χ1) is 12.5. The van der Waals surface area contributed by atoms with Crippen LogP contribution in [0.25, 0.3) is 11.4 Å². The van der Waals surface area contributed by atoms with Crippen LogP contribution >= 0.6 is 11.8 Å². The lowest BCUT2D eigenvalue weighted by atomic mass is 10.1. The van der Waals surface area contributed by atoms with E-state index in [9.17, 15) is 4.79 Å². The molecule has 0 aliphatic heterocycles. The molecule has 2 N–H and O–H groups in total. The number of rotatable bonds is 5. The summed E-state index contributed by atoms with van der Waals surface area (Å²) in [6.07, 6.45) is 0. The van der Waals surface area contributed by atoms with Crippen molar-refractivity contribution >= 4 is 23.4 Å². The molecule has 134 valence electrons. The number of aryl methyl sites for hydroxylation is 1. The van der Waals surface area contributed by atoms with Crippen molar-refractivity contribution in [3.05, 3.63) is 60.2 Å². The lowest BCUT2D eigenvalue weighted by molar-refractivity contribution is -0.117. The standard InChI is InChI=1S/C19H21N5OS/c1-13-9-11-15(12-10-13)17-21-22-19(24(17)20)26-14(2)18(25)23(3)16-7-5-4-6-8-16/h4-12,14H,20H2,1-3H3/t14-/m0/s1. The van der Waals surface area contributed by atoms with E-state index in [0.29, 0.717) is 11.0 Å². The summed E-state index contributed by atoms with van der Waals surface area (Å²) < 4.78 is 1.43. The van der Waals surface area contributed by atoms with E-state index >= 15 is 0 Å². The number of carbonyl (C=O) groups excluding carboxylic acids is 1. The van der Waals surface area contributed by atoms with Crippen LogP contribution in [0.15, 0.2) is 59.8 Å². The summed E-state index contributed by atoms with van der Waals surface area (Å²) >= 11 is 1.29. The van der Waals surface area contributed by atoms with Crippen LogP contribution < -0.4 is 10.7 Å². The van der Waals surface area contributed by atoms with Gasteiger partial charge in [0.25, 0.3) is 0 Å². The zero-order chi connectivity index (χ0) is 18.7. The minimum absolute atomic E-state index is 0.0268. The fourth-order valence-corrected chi connectivity index (χ4v) is 3.38. The van der Waals surface area contributed by atoms with Gasteiger partial charge in [-0.15, -0.1) is 10.2 Å². The quantitative estimate of drug-likeness (QED) is 0.554. The summed E-state index contributed by atoms with van der Waals surface area (Å²) in [4.78, 5) is 14.3. The van der Waals surface area contributed by atoms with E-state index in [4.69, 9.17) is 5.84 Å². The molecule has 0 spiro atoms. The molecule has 0 fully saturated rings. The van der Waals surface area contributed by atoms with Crippen LogP contribution in [0.5, 0.6) is 0 Å². The van der Waals surface area contributed by atoms with E-state index < -0.39 is 0 Å². The number of carbonyl (C=O) groups is 1. The second kappa shape index (κ2) is 7.61. The second-order valence-electron chi connectivity index (χ2n) is 6.04. The average Bonchev–Trinajstić information content (AvgIpc) is 3.02. The third kappa shape index (κ3) is 3.72. The van der Waals surface area contributed by atoms with Crippen LogP contribution in [0.2, 0.25) is 0 Å². The molecule has 3 rings (SSSR count). The highest BCUT2D eigenvalue weighted by Crippen LogP contribution is 2.26. The number of thioether (sulfide) groups is 1. The Kier molecular flexibility index (Phi) is 5.27. The Balaban J connectivity index is 1.74. The largest absolute Gasteiger partial charge is 0.335 e. The molecule has 3 aromatic rings. The highest BCUT2D eigenvalue weighted by molar-refractivity contribution is 8.00. The van der Waals surface area contributed by atoms with Gasteiger partial charge in [-0.3, -0.25) is 4.79 Å². The zero-order valence-electron chi connectivity index (χ0n) is 15.0. The Morgan fingerprint density at radius 1 is 1.12 bits per heavy atom. The summed E-state index contributed by atoms with van der Waals surface area (Å²) in [7, 11) is 1.76. The van der Waals surface area contributed by atoms with Crippen LogP contribution in [-0.2, 0) is 4.79 Å². The van der Waals surface area contributed by atoms with E-state index in [-0.39, 0.29) is 11.2 Å². The molecule has 0 bridgehead atoms. The summed E-state index contributed by atoms with van der Waals surface area (Å²) in [5.41, 5.74) is 2.90. The Labute approximate surface area is 157 Å². The van der Waals surface area contributed by atoms with E-state index in [2.05, 4.69) is 10.2 Å². The summed E-state index contributed by atoms with van der Waals surface area (Å²) in [5.74, 6) is 6.70. The van der Waals surface area contributed by atoms with E-state index in [1.165, 1.54) is 16.4 Å². The fraction of sp³-hybridized carbons (Fsp3) is 0.211. The maximum Gasteiger partial charge on any atom is 0.240 e. The predicted octanol–water partition coefficient (Wildman–Crippen LogP) is 3.11. The molecule has 0 aliphatic rings. The van der Waals surface area contributed by atoms with Crippen LogP contribution in [0, 0.1) is 6.92 Å². The number of nitrogens with two attached hydrogens (primary N) is 1. The predicted molar refractivity (Wildman–Crippen MR) is 106 cm³/mol. The fourth-order valence-electron chi connectivity index (χ4n) is 2.52. The molecular formula is C19H21N5OS. The van der Waals surface area contributed by atoms with E-state index in [0.717, 1.165) is 16.8 Å². The summed E-state index contributed by atoms with van der Waals surface area (Å²) in [6, 6.07) is 17.4. The molecule has 7 heteroatoms. The van der Waals surface area contributed by atoms with E-state index in [1.54, 1.807) is 11.9 Å². The molecule has 0 saturated heterocycles. The molecule has 2 aromatic carbocycles. The van der Waals surface area contributed by atoms with Gasteiger partial charge in [0.2, 0.25) is 11.1 Å². The Morgan fingerprint density at radius 3 is 2.42 bits per heavy atom. The molecule has 1 amide bonds. The Hall–Kier alpha value is -2.80. The molecule has 6 nitrogen and oxygen atoms in total. The van der Waals surface area contributed by atoms with Crippen molar-refractivity contribution < 1.29 is 4.79 Å². The summed E-state index contributed by atoms with van der Waals surface area (Å²) in [5, 5.41) is 8.48. The number of amides is 1. The van der Waals surface area contributed by atoms with Crippen LogP contribution in [-0.4, -0.2) is 33.1 Å². The van der Waals surface area contributed by atoms with Gasteiger partial charge in [0.15, 0.2) is 5.82 Å². The van der Waals surface area contributed by atoms with Crippen LogP contribution in [0.3, 0.4) is 0 Å². The third-order valence-electron chi connectivity index (χ3n) is 4.08. The first-order valence-corrected chi connectivity index (χ1v) is 9.12. The van der Waals surface area contributed by atoms with Gasteiger partial charge < -0.3 is 10.7 Å². The maximum atomic E-state index is 12.7. The number of aromatic nitrogens is 3. The topological polar surface area (TPSA) is 77.0 Å². The summed E-state index contributed by atoms with van der Waals surface area (Å²) in [6.45, 7) is 3.86. The van der Waals surface area contributed by atoms with Gasteiger partial charge in [-0.25, -0.2) is 4.68 Å². The minimum Gasteiger partial charge on any atom is -0.335 e. The van der Waals surface area contributed by atoms with Gasteiger partial charge >= 0.3 is 0 Å². The normalized spacial score (nSPS) is 12.0. The Morgan fingerprint density at radius 2 is 1.77 bits per heavy atom. The lowest BCUT2D eigenvalue weighted by Gasteiger charge is -2.20. The number of hydrogen-bond acceptors (Lipinski definition) is 5. The van der Waals surface area contributed by atoms with Gasteiger partial charge in [0.1, 0.15) is 0 Å². The molecule has 0 radical (unpaired) electrons. The number of para-hydroxylation sites is 1. The van der Waals surface area contributed by atoms with Crippen molar-refractivity contribution in [2.75, 3.05) is 17.8 Å². The highest BCUT2D eigenvalue weighted by Gasteiger charge is 2.23. The minimum atomic E-state index is -0.349. The van der Waals surface area contributed by atoms with Gasteiger partial charge in [0, 0.05) is 18.3 Å². The molecule has 0 saturated carbocycles. The van der Waals surface area contributed by atoms with Crippen molar-refractivity contribution in [1.29, 1.82) is 0 Å². The maximum absolute atomic E-state index is 12.7.